The Bertz CT molecular complexity index is 349. The number of hydrogen-bond donors (Lipinski definition) is 3. The van der Waals surface area contributed by atoms with Gasteiger partial charge in [-0.25, -0.2) is 0 Å². The van der Waals surface area contributed by atoms with Gasteiger partial charge >= 0.3 is 0 Å². The van der Waals surface area contributed by atoms with Crippen LogP contribution in [0.3, 0.4) is 0 Å². The van der Waals surface area contributed by atoms with Crippen LogP contribution in [0, 0.1) is 0 Å². The SMILES string of the molecule is COc1cc(N)c(N)cc1C(N)=O. The topological polar surface area (TPSA) is 104 Å². The monoisotopic (exact) mass is 181 g/mol. The van der Waals surface area contributed by atoms with E-state index in [-0.39, 0.29) is 5.56 Å². The smallest absolute Gasteiger partial charge is 0.252 e. The van der Waals surface area contributed by atoms with Crippen LogP contribution in [0.2, 0.25) is 0 Å². The van der Waals surface area contributed by atoms with Gasteiger partial charge in [0.15, 0.2) is 0 Å². The molecule has 0 unspecified atom stereocenters. The lowest BCUT2D eigenvalue weighted by Crippen LogP contribution is -2.13. The van der Waals surface area contributed by atoms with Crippen molar-refractivity contribution < 1.29 is 9.53 Å². The molecule has 1 rings (SSSR count). The average molecular weight is 181 g/mol. The van der Waals surface area contributed by atoms with Crippen molar-refractivity contribution in [1.29, 1.82) is 0 Å². The number of rotatable bonds is 2. The summed E-state index contributed by atoms with van der Waals surface area (Å²) < 4.78 is 4.91. The van der Waals surface area contributed by atoms with Gasteiger partial charge in [0.1, 0.15) is 5.75 Å². The number of hydrogen-bond acceptors (Lipinski definition) is 4. The average Bonchev–Trinajstić information content (AvgIpc) is 2.08. The molecule has 0 radical (unpaired) electrons. The Kier molecular flexibility index (Phi) is 2.27. The first-order valence-electron chi connectivity index (χ1n) is 3.59. The number of amides is 1. The van der Waals surface area contributed by atoms with Gasteiger partial charge in [-0.05, 0) is 6.07 Å². The summed E-state index contributed by atoms with van der Waals surface area (Å²) in [5.74, 6) is -0.261. The number of nitrogen functional groups attached to an aromatic ring is 2. The number of carbonyl (C=O) groups is 1. The normalized spacial score (nSPS) is 9.62. The summed E-state index contributed by atoms with van der Waals surface area (Å²) in [4.78, 5) is 10.9. The minimum Gasteiger partial charge on any atom is -0.496 e. The van der Waals surface area contributed by atoms with Crippen LogP contribution in [0.25, 0.3) is 0 Å². The Morgan fingerprint density at radius 3 is 2.31 bits per heavy atom. The van der Waals surface area contributed by atoms with E-state index in [1.54, 1.807) is 0 Å². The van der Waals surface area contributed by atoms with Gasteiger partial charge in [-0.3, -0.25) is 4.79 Å². The van der Waals surface area contributed by atoms with Gasteiger partial charge in [0.05, 0.1) is 24.0 Å². The molecule has 5 nitrogen and oxygen atoms in total. The molecular weight excluding hydrogens is 170 g/mol. The zero-order chi connectivity index (χ0) is 10.0. The van der Waals surface area contributed by atoms with Gasteiger partial charge in [0.25, 0.3) is 5.91 Å². The van der Waals surface area contributed by atoms with Crippen LogP contribution in [-0.2, 0) is 0 Å². The number of carbonyl (C=O) groups excluding carboxylic acids is 1. The fraction of sp³-hybridized carbons (Fsp3) is 0.125. The second-order valence-corrected chi connectivity index (χ2v) is 2.55. The summed E-state index contributed by atoms with van der Waals surface area (Å²) in [6, 6.07) is 2.87. The number of primary amides is 1. The summed E-state index contributed by atoms with van der Waals surface area (Å²) in [5.41, 5.74) is 17.0. The van der Waals surface area contributed by atoms with Crippen molar-refractivity contribution in [1.82, 2.24) is 0 Å². The maximum absolute atomic E-state index is 10.9. The highest BCUT2D eigenvalue weighted by Crippen LogP contribution is 2.26. The highest BCUT2D eigenvalue weighted by molar-refractivity contribution is 5.97. The number of benzene rings is 1. The molecule has 70 valence electrons. The minimum absolute atomic E-state index is 0.231. The molecule has 0 heterocycles. The summed E-state index contributed by atoms with van der Waals surface area (Å²) in [6.45, 7) is 0. The van der Waals surface area contributed by atoms with E-state index < -0.39 is 5.91 Å². The molecule has 0 bridgehead atoms. The molecule has 0 saturated carbocycles. The predicted octanol–water partition coefficient (Wildman–Crippen LogP) is -0.0415. The van der Waals surface area contributed by atoms with E-state index in [1.165, 1.54) is 19.2 Å². The second kappa shape index (κ2) is 3.22. The largest absolute Gasteiger partial charge is 0.496 e. The first kappa shape index (κ1) is 9.18. The molecule has 13 heavy (non-hydrogen) atoms. The Hall–Kier alpha value is -1.91. The number of nitrogens with two attached hydrogens (primary N) is 3. The highest BCUT2D eigenvalue weighted by Gasteiger charge is 2.10. The zero-order valence-electron chi connectivity index (χ0n) is 7.20. The molecule has 0 saturated heterocycles. The van der Waals surface area contributed by atoms with E-state index in [9.17, 15) is 4.79 Å². The van der Waals surface area contributed by atoms with Crippen LogP contribution >= 0.6 is 0 Å². The molecule has 0 aliphatic heterocycles. The lowest BCUT2D eigenvalue weighted by Gasteiger charge is -2.08. The number of methoxy groups -OCH3 is 1. The fourth-order valence-electron chi connectivity index (χ4n) is 0.974. The zero-order valence-corrected chi connectivity index (χ0v) is 7.20. The molecule has 6 N–H and O–H groups in total. The quantitative estimate of drug-likeness (QED) is 0.556. The van der Waals surface area contributed by atoms with E-state index in [0.717, 1.165) is 0 Å². The molecule has 0 fully saturated rings. The number of ether oxygens (including phenoxy) is 1. The van der Waals surface area contributed by atoms with Crippen molar-refractivity contribution in [2.75, 3.05) is 18.6 Å². The maximum atomic E-state index is 10.9. The van der Waals surface area contributed by atoms with E-state index in [4.69, 9.17) is 21.9 Å². The molecule has 5 heteroatoms. The van der Waals surface area contributed by atoms with E-state index in [2.05, 4.69) is 0 Å². The molecule has 0 aromatic heterocycles. The van der Waals surface area contributed by atoms with Crippen LogP contribution in [-0.4, -0.2) is 13.0 Å². The lowest BCUT2D eigenvalue weighted by molar-refractivity contribution is 0.0997. The summed E-state index contributed by atoms with van der Waals surface area (Å²) >= 11 is 0. The van der Waals surface area contributed by atoms with E-state index in [1.807, 2.05) is 0 Å². The van der Waals surface area contributed by atoms with Gasteiger partial charge in [0, 0.05) is 6.07 Å². The van der Waals surface area contributed by atoms with Crippen molar-refractivity contribution in [3.8, 4) is 5.75 Å². The van der Waals surface area contributed by atoms with Crippen molar-refractivity contribution >= 4 is 17.3 Å². The molecule has 1 amide bonds. The summed E-state index contributed by atoms with van der Waals surface area (Å²) in [5, 5.41) is 0. The summed E-state index contributed by atoms with van der Waals surface area (Å²) in [6.07, 6.45) is 0. The van der Waals surface area contributed by atoms with Gasteiger partial charge in [0.2, 0.25) is 0 Å². The van der Waals surface area contributed by atoms with E-state index >= 15 is 0 Å². The van der Waals surface area contributed by atoms with Crippen LogP contribution < -0.4 is 21.9 Å². The Morgan fingerprint density at radius 2 is 1.85 bits per heavy atom. The first-order chi connectivity index (χ1) is 6.06. The van der Waals surface area contributed by atoms with Crippen LogP contribution in [0.1, 0.15) is 10.4 Å². The molecule has 1 aromatic carbocycles. The third-order valence-electron chi connectivity index (χ3n) is 1.67. The summed E-state index contributed by atoms with van der Waals surface area (Å²) in [7, 11) is 1.43. The Balaban J connectivity index is 3.33. The van der Waals surface area contributed by atoms with Crippen LogP contribution in [0.5, 0.6) is 5.75 Å². The fourth-order valence-corrected chi connectivity index (χ4v) is 0.974. The first-order valence-corrected chi connectivity index (χ1v) is 3.59. The molecule has 1 aromatic rings. The van der Waals surface area contributed by atoms with Crippen molar-refractivity contribution in [3.05, 3.63) is 17.7 Å². The number of anilines is 2. The predicted molar refractivity (Wildman–Crippen MR) is 50.3 cm³/mol. The minimum atomic E-state index is -0.594. The molecule has 0 atom stereocenters. The van der Waals surface area contributed by atoms with E-state index in [0.29, 0.717) is 17.1 Å². The second-order valence-electron chi connectivity index (χ2n) is 2.55. The molecule has 0 spiro atoms. The van der Waals surface area contributed by atoms with Gasteiger partial charge < -0.3 is 21.9 Å². The third kappa shape index (κ3) is 1.64. The van der Waals surface area contributed by atoms with Gasteiger partial charge in [-0.1, -0.05) is 0 Å². The maximum Gasteiger partial charge on any atom is 0.252 e. The molecular formula is C8H11N3O2. The van der Waals surface area contributed by atoms with Gasteiger partial charge in [-0.2, -0.15) is 0 Å². The van der Waals surface area contributed by atoms with Crippen molar-refractivity contribution in [2.24, 2.45) is 5.73 Å². The van der Waals surface area contributed by atoms with Crippen LogP contribution in [0.4, 0.5) is 11.4 Å². The van der Waals surface area contributed by atoms with Crippen LogP contribution in [0.15, 0.2) is 12.1 Å². The van der Waals surface area contributed by atoms with Crippen molar-refractivity contribution in [3.63, 3.8) is 0 Å². The Labute approximate surface area is 75.5 Å². The molecule has 0 aliphatic carbocycles. The van der Waals surface area contributed by atoms with Gasteiger partial charge in [-0.15, -0.1) is 0 Å². The third-order valence-corrected chi connectivity index (χ3v) is 1.67. The Morgan fingerprint density at radius 1 is 1.31 bits per heavy atom. The molecule has 0 aliphatic rings. The highest BCUT2D eigenvalue weighted by atomic mass is 16.5. The standard InChI is InChI=1S/C8H11N3O2/c1-13-7-3-6(10)5(9)2-4(7)8(11)12/h2-3H,9-10H2,1H3,(H2,11,12). The lowest BCUT2D eigenvalue weighted by atomic mass is 10.1. The van der Waals surface area contributed by atoms with Crippen molar-refractivity contribution in [2.45, 2.75) is 0 Å².